The van der Waals surface area contributed by atoms with E-state index in [1.807, 2.05) is 12.1 Å². The van der Waals surface area contributed by atoms with Gasteiger partial charge in [-0.1, -0.05) is 0 Å². The van der Waals surface area contributed by atoms with Crippen molar-refractivity contribution < 1.29 is 14.3 Å². The first kappa shape index (κ1) is 16.3. The molecular formula is C17H20N4O3S. The zero-order valence-corrected chi connectivity index (χ0v) is 14.8. The van der Waals surface area contributed by atoms with Crippen molar-refractivity contribution in [3.8, 4) is 0 Å². The van der Waals surface area contributed by atoms with Crippen LogP contribution in [0.15, 0.2) is 12.1 Å². The van der Waals surface area contributed by atoms with Crippen LogP contribution in [0.4, 0.5) is 0 Å². The Kier molecular flexibility index (Phi) is 4.30. The van der Waals surface area contributed by atoms with Crippen molar-refractivity contribution in [1.29, 1.82) is 0 Å². The van der Waals surface area contributed by atoms with E-state index < -0.39 is 0 Å². The smallest absolute Gasteiger partial charge is 0.271 e. The Labute approximate surface area is 149 Å². The normalized spacial score (nSPS) is 19.7. The fraction of sp³-hybridized carbons (Fsp3) is 0.471. The van der Waals surface area contributed by atoms with Gasteiger partial charge >= 0.3 is 0 Å². The summed E-state index contributed by atoms with van der Waals surface area (Å²) in [7, 11) is 1.58. The van der Waals surface area contributed by atoms with E-state index in [0.717, 1.165) is 40.5 Å². The second-order valence-electron chi connectivity index (χ2n) is 6.29. The topological polar surface area (TPSA) is 87.3 Å². The van der Waals surface area contributed by atoms with Gasteiger partial charge < -0.3 is 15.0 Å². The van der Waals surface area contributed by atoms with Gasteiger partial charge in [0.15, 0.2) is 5.69 Å². The second-order valence-corrected chi connectivity index (χ2v) is 7.40. The van der Waals surface area contributed by atoms with Crippen LogP contribution in [-0.2, 0) is 17.7 Å². The van der Waals surface area contributed by atoms with Gasteiger partial charge in [-0.2, -0.15) is 5.10 Å². The molecular weight excluding hydrogens is 340 g/mol. The van der Waals surface area contributed by atoms with Gasteiger partial charge in [0.05, 0.1) is 17.5 Å². The number of nitrogens with zero attached hydrogens (tertiary/aromatic N) is 2. The summed E-state index contributed by atoms with van der Waals surface area (Å²) in [5.41, 5.74) is 2.13. The van der Waals surface area contributed by atoms with Crippen LogP contribution in [0.25, 0.3) is 0 Å². The van der Waals surface area contributed by atoms with Crippen LogP contribution in [0.1, 0.15) is 55.2 Å². The predicted molar refractivity (Wildman–Crippen MR) is 92.7 cm³/mol. The van der Waals surface area contributed by atoms with Crippen LogP contribution in [0.3, 0.4) is 0 Å². The molecule has 1 fully saturated rings. The van der Waals surface area contributed by atoms with E-state index in [1.54, 1.807) is 11.9 Å². The van der Waals surface area contributed by atoms with Gasteiger partial charge in [0, 0.05) is 42.8 Å². The number of fused-ring (bicyclic) bond motifs is 1. The van der Waals surface area contributed by atoms with Crippen molar-refractivity contribution in [2.45, 2.75) is 31.9 Å². The van der Waals surface area contributed by atoms with Crippen LogP contribution in [0.2, 0.25) is 0 Å². The maximum Gasteiger partial charge on any atom is 0.271 e. The van der Waals surface area contributed by atoms with Crippen LogP contribution in [-0.4, -0.2) is 47.1 Å². The number of amides is 2. The van der Waals surface area contributed by atoms with E-state index in [1.165, 1.54) is 11.3 Å². The van der Waals surface area contributed by atoms with E-state index in [-0.39, 0.29) is 17.9 Å². The fourth-order valence-electron chi connectivity index (χ4n) is 3.37. The summed E-state index contributed by atoms with van der Waals surface area (Å²) in [5.74, 6) is -0.229. The highest BCUT2D eigenvalue weighted by Gasteiger charge is 2.29. The van der Waals surface area contributed by atoms with Crippen LogP contribution >= 0.6 is 11.3 Å². The maximum atomic E-state index is 12.9. The number of carbonyl (C=O) groups is 2. The summed E-state index contributed by atoms with van der Waals surface area (Å²) in [6.07, 6.45) is 2.90. The zero-order chi connectivity index (χ0) is 17.4. The van der Waals surface area contributed by atoms with Gasteiger partial charge in [-0.05, 0) is 25.0 Å². The Morgan fingerprint density at radius 2 is 2.32 bits per heavy atom. The Balaban J connectivity index is 1.52. The van der Waals surface area contributed by atoms with Crippen molar-refractivity contribution in [2.24, 2.45) is 0 Å². The number of carbonyl (C=O) groups excluding carboxylic acids is 2. The Morgan fingerprint density at radius 3 is 3.08 bits per heavy atom. The molecule has 2 aromatic rings. The highest BCUT2D eigenvalue weighted by molar-refractivity contribution is 7.14. The molecule has 4 heterocycles. The molecule has 25 heavy (non-hydrogen) atoms. The Morgan fingerprint density at radius 1 is 1.44 bits per heavy atom. The lowest BCUT2D eigenvalue weighted by atomic mass is 10.0. The molecule has 1 atom stereocenters. The van der Waals surface area contributed by atoms with Crippen LogP contribution in [0.5, 0.6) is 0 Å². The molecule has 2 aliphatic rings. The van der Waals surface area contributed by atoms with E-state index in [0.29, 0.717) is 25.2 Å². The summed E-state index contributed by atoms with van der Waals surface area (Å²) in [4.78, 5) is 28.4. The largest absolute Gasteiger partial charge is 0.373 e. The van der Waals surface area contributed by atoms with E-state index in [4.69, 9.17) is 4.74 Å². The molecule has 1 unspecified atom stereocenters. The summed E-state index contributed by atoms with van der Waals surface area (Å²) in [6, 6.07) is 3.88. The number of aromatic amines is 1. The third-order valence-corrected chi connectivity index (χ3v) is 5.91. The second kappa shape index (κ2) is 6.61. The number of aromatic nitrogens is 2. The molecule has 132 valence electrons. The van der Waals surface area contributed by atoms with E-state index in [9.17, 15) is 9.59 Å². The Hall–Kier alpha value is -2.19. The fourth-order valence-corrected chi connectivity index (χ4v) is 4.43. The predicted octanol–water partition coefficient (Wildman–Crippen LogP) is 1.88. The van der Waals surface area contributed by atoms with Gasteiger partial charge in [-0.15, -0.1) is 11.3 Å². The van der Waals surface area contributed by atoms with Gasteiger partial charge in [-0.25, -0.2) is 0 Å². The molecule has 0 saturated carbocycles. The lowest BCUT2D eigenvalue weighted by molar-refractivity contribution is 0.0736. The lowest BCUT2D eigenvalue weighted by Gasteiger charge is -2.26. The average molecular weight is 360 g/mol. The highest BCUT2D eigenvalue weighted by atomic mass is 32.1. The van der Waals surface area contributed by atoms with Gasteiger partial charge in [0.1, 0.15) is 0 Å². The molecule has 2 N–H and O–H groups in total. The standard InChI is InChI=1S/C17H20N4O3S/c1-18-16(22)15-10-9-21(7-6-11(10)19-20-15)17(23)14-5-4-13(25-14)12-3-2-8-24-12/h4-5,12H,2-3,6-9H2,1H3,(H,18,22)(H,19,20). The third kappa shape index (κ3) is 2.96. The molecule has 0 aromatic carbocycles. The van der Waals surface area contributed by atoms with Crippen LogP contribution in [0, 0.1) is 0 Å². The first-order valence-electron chi connectivity index (χ1n) is 8.46. The lowest BCUT2D eigenvalue weighted by Crippen LogP contribution is -2.36. The molecule has 8 heteroatoms. The molecule has 0 radical (unpaired) electrons. The number of rotatable bonds is 3. The summed E-state index contributed by atoms with van der Waals surface area (Å²) >= 11 is 1.51. The quantitative estimate of drug-likeness (QED) is 0.875. The summed E-state index contributed by atoms with van der Waals surface area (Å²) in [5, 5.41) is 9.61. The van der Waals surface area contributed by atoms with Crippen molar-refractivity contribution >= 4 is 23.2 Å². The van der Waals surface area contributed by atoms with Crippen molar-refractivity contribution in [3.63, 3.8) is 0 Å². The number of H-pyrrole nitrogens is 1. The molecule has 2 aromatic heterocycles. The minimum Gasteiger partial charge on any atom is -0.373 e. The molecule has 2 amide bonds. The first-order valence-corrected chi connectivity index (χ1v) is 9.28. The number of thiophene rings is 1. The molecule has 7 nitrogen and oxygen atoms in total. The van der Waals surface area contributed by atoms with Crippen molar-refractivity contribution in [3.05, 3.63) is 38.8 Å². The average Bonchev–Trinajstić information content (AvgIpc) is 3.39. The highest BCUT2D eigenvalue weighted by Crippen LogP contribution is 2.34. The Bertz CT molecular complexity index is 807. The molecule has 1 saturated heterocycles. The summed E-state index contributed by atoms with van der Waals surface area (Å²) < 4.78 is 5.70. The SMILES string of the molecule is CNC(=O)c1n[nH]c2c1CN(C(=O)c1ccc(C3CCCO3)s1)CC2. The molecule has 0 spiro atoms. The minimum absolute atomic E-state index is 0.00366. The molecule has 4 rings (SSSR count). The zero-order valence-electron chi connectivity index (χ0n) is 14.0. The van der Waals surface area contributed by atoms with E-state index >= 15 is 0 Å². The third-order valence-electron chi connectivity index (χ3n) is 4.75. The monoisotopic (exact) mass is 360 g/mol. The van der Waals surface area contributed by atoms with Gasteiger partial charge in [0.25, 0.3) is 11.8 Å². The number of hydrogen-bond donors (Lipinski definition) is 2. The van der Waals surface area contributed by atoms with Gasteiger partial charge in [-0.3, -0.25) is 14.7 Å². The number of nitrogens with one attached hydrogen (secondary N) is 2. The number of hydrogen-bond acceptors (Lipinski definition) is 5. The van der Waals surface area contributed by atoms with E-state index in [2.05, 4.69) is 15.5 Å². The minimum atomic E-state index is -0.233. The van der Waals surface area contributed by atoms with Gasteiger partial charge in [0.2, 0.25) is 0 Å². The van der Waals surface area contributed by atoms with Crippen molar-refractivity contribution in [2.75, 3.05) is 20.2 Å². The van der Waals surface area contributed by atoms with Crippen LogP contribution < -0.4 is 5.32 Å². The number of ether oxygens (including phenoxy) is 1. The first-order chi connectivity index (χ1) is 12.2. The molecule has 0 aliphatic carbocycles. The molecule has 2 aliphatic heterocycles. The summed E-state index contributed by atoms with van der Waals surface area (Å²) in [6.45, 7) is 1.82. The molecule has 0 bridgehead atoms. The maximum absolute atomic E-state index is 12.9. The van der Waals surface area contributed by atoms with Crippen molar-refractivity contribution in [1.82, 2.24) is 20.4 Å².